The van der Waals surface area contributed by atoms with E-state index < -0.39 is 10.2 Å². The van der Waals surface area contributed by atoms with Gasteiger partial charge < -0.3 is 5.32 Å². The van der Waals surface area contributed by atoms with Gasteiger partial charge in [-0.1, -0.05) is 30.3 Å². The van der Waals surface area contributed by atoms with E-state index in [-0.39, 0.29) is 6.04 Å². The van der Waals surface area contributed by atoms with E-state index in [1.165, 1.54) is 9.87 Å². The normalized spacial score (nSPS) is 18.9. The second-order valence-electron chi connectivity index (χ2n) is 5.20. The van der Waals surface area contributed by atoms with Crippen molar-refractivity contribution in [3.63, 3.8) is 0 Å². The van der Waals surface area contributed by atoms with Crippen molar-refractivity contribution < 1.29 is 8.42 Å². The molecule has 1 aliphatic rings. The van der Waals surface area contributed by atoms with Gasteiger partial charge in [-0.05, 0) is 25.3 Å². The second kappa shape index (κ2) is 7.17. The molecule has 6 heteroatoms. The molecule has 5 nitrogen and oxygen atoms in total. The standard InChI is InChI=1S/C14H23N3O2S/c1-13(7-8-14-5-3-2-4-6-14)16-20(18,19)17-11-9-15-10-12-17/h2-6,13,15-16H,7-12H2,1H3. The van der Waals surface area contributed by atoms with Gasteiger partial charge in [0, 0.05) is 32.2 Å². The van der Waals surface area contributed by atoms with Crippen molar-refractivity contribution in [3.8, 4) is 0 Å². The van der Waals surface area contributed by atoms with Crippen molar-refractivity contribution in [2.75, 3.05) is 26.2 Å². The van der Waals surface area contributed by atoms with E-state index in [9.17, 15) is 8.42 Å². The van der Waals surface area contributed by atoms with Crippen LogP contribution in [0.3, 0.4) is 0 Å². The predicted octanol–water partition coefficient (Wildman–Crippen LogP) is 0.747. The second-order valence-corrected chi connectivity index (χ2v) is 6.90. The lowest BCUT2D eigenvalue weighted by atomic mass is 10.1. The Kier molecular flexibility index (Phi) is 5.54. The van der Waals surface area contributed by atoms with Crippen molar-refractivity contribution in [1.29, 1.82) is 0 Å². The van der Waals surface area contributed by atoms with Gasteiger partial charge in [-0.3, -0.25) is 0 Å². The Morgan fingerprint density at radius 2 is 1.90 bits per heavy atom. The molecular weight excluding hydrogens is 274 g/mol. The Hall–Kier alpha value is -0.950. The van der Waals surface area contributed by atoms with Crippen molar-refractivity contribution in [2.24, 2.45) is 0 Å². The topological polar surface area (TPSA) is 61.4 Å². The van der Waals surface area contributed by atoms with Crippen LogP contribution in [0.5, 0.6) is 0 Å². The summed E-state index contributed by atoms with van der Waals surface area (Å²) in [5, 5.41) is 3.15. The molecule has 1 aromatic rings. The molecule has 1 fully saturated rings. The lowest BCUT2D eigenvalue weighted by molar-refractivity contribution is 0.351. The molecule has 0 aromatic heterocycles. The zero-order valence-electron chi connectivity index (χ0n) is 11.9. The lowest BCUT2D eigenvalue weighted by Crippen LogP contribution is -2.52. The average molecular weight is 297 g/mol. The summed E-state index contributed by atoms with van der Waals surface area (Å²) in [7, 11) is -3.34. The number of nitrogens with zero attached hydrogens (tertiary/aromatic N) is 1. The fourth-order valence-corrected chi connectivity index (χ4v) is 3.74. The number of rotatable bonds is 6. The van der Waals surface area contributed by atoms with Crippen LogP contribution >= 0.6 is 0 Å². The van der Waals surface area contributed by atoms with Crippen LogP contribution < -0.4 is 10.0 Å². The molecular formula is C14H23N3O2S. The predicted molar refractivity (Wildman–Crippen MR) is 80.7 cm³/mol. The number of hydrogen-bond donors (Lipinski definition) is 2. The van der Waals surface area contributed by atoms with Gasteiger partial charge in [-0.2, -0.15) is 17.4 Å². The Bertz CT molecular complexity index is 498. The van der Waals surface area contributed by atoms with Crippen LogP contribution in [0, 0.1) is 0 Å². The minimum atomic E-state index is -3.34. The lowest BCUT2D eigenvalue weighted by Gasteiger charge is -2.28. The first-order chi connectivity index (χ1) is 9.58. The molecule has 20 heavy (non-hydrogen) atoms. The van der Waals surface area contributed by atoms with Crippen LogP contribution in [-0.4, -0.2) is 44.9 Å². The van der Waals surface area contributed by atoms with Crippen LogP contribution in [-0.2, 0) is 16.6 Å². The van der Waals surface area contributed by atoms with Gasteiger partial charge >= 0.3 is 0 Å². The summed E-state index contributed by atoms with van der Waals surface area (Å²) < 4.78 is 28.7. The first-order valence-electron chi connectivity index (χ1n) is 7.10. The Labute approximate surface area is 121 Å². The zero-order chi connectivity index (χ0) is 14.4. The minimum Gasteiger partial charge on any atom is -0.314 e. The molecule has 2 rings (SSSR count). The highest BCUT2D eigenvalue weighted by Crippen LogP contribution is 2.07. The van der Waals surface area contributed by atoms with E-state index in [0.717, 1.165) is 25.9 Å². The van der Waals surface area contributed by atoms with Crippen molar-refractivity contribution >= 4 is 10.2 Å². The molecule has 0 amide bonds. The monoisotopic (exact) mass is 297 g/mol. The van der Waals surface area contributed by atoms with E-state index in [1.807, 2.05) is 25.1 Å². The number of nitrogens with one attached hydrogen (secondary N) is 2. The van der Waals surface area contributed by atoms with Crippen LogP contribution in [0.4, 0.5) is 0 Å². The number of aryl methyl sites for hydroxylation is 1. The summed E-state index contributed by atoms with van der Waals surface area (Å²) in [6.45, 7) is 4.45. The fourth-order valence-electron chi connectivity index (χ4n) is 2.30. The van der Waals surface area contributed by atoms with Gasteiger partial charge in [0.05, 0.1) is 0 Å². The molecule has 1 aromatic carbocycles. The van der Waals surface area contributed by atoms with Gasteiger partial charge in [-0.25, -0.2) is 0 Å². The molecule has 0 radical (unpaired) electrons. The SMILES string of the molecule is CC(CCc1ccccc1)NS(=O)(=O)N1CCNCC1. The Morgan fingerprint density at radius 3 is 2.55 bits per heavy atom. The van der Waals surface area contributed by atoms with Crippen LogP contribution in [0.1, 0.15) is 18.9 Å². The molecule has 2 N–H and O–H groups in total. The molecule has 0 bridgehead atoms. The zero-order valence-corrected chi connectivity index (χ0v) is 12.7. The molecule has 0 aliphatic carbocycles. The number of benzene rings is 1. The number of hydrogen-bond acceptors (Lipinski definition) is 3. The molecule has 1 atom stereocenters. The fraction of sp³-hybridized carbons (Fsp3) is 0.571. The third-order valence-electron chi connectivity index (χ3n) is 3.47. The first kappa shape index (κ1) is 15.4. The molecule has 1 aliphatic heterocycles. The van der Waals surface area contributed by atoms with Crippen LogP contribution in [0.2, 0.25) is 0 Å². The highest BCUT2D eigenvalue weighted by Gasteiger charge is 2.24. The molecule has 0 spiro atoms. The van der Waals surface area contributed by atoms with Gasteiger partial charge in [0.15, 0.2) is 0 Å². The molecule has 1 unspecified atom stereocenters. The maximum absolute atomic E-state index is 12.2. The highest BCUT2D eigenvalue weighted by atomic mass is 32.2. The van der Waals surface area contributed by atoms with E-state index in [2.05, 4.69) is 22.2 Å². The Balaban J connectivity index is 1.82. The van der Waals surface area contributed by atoms with Gasteiger partial charge in [-0.15, -0.1) is 0 Å². The van der Waals surface area contributed by atoms with Crippen molar-refractivity contribution in [2.45, 2.75) is 25.8 Å². The van der Waals surface area contributed by atoms with Crippen molar-refractivity contribution in [1.82, 2.24) is 14.3 Å². The summed E-state index contributed by atoms with van der Waals surface area (Å²) in [6, 6.07) is 10.1. The molecule has 0 saturated carbocycles. The van der Waals surface area contributed by atoms with Gasteiger partial charge in [0.1, 0.15) is 0 Å². The largest absolute Gasteiger partial charge is 0.314 e. The van der Waals surface area contributed by atoms with Crippen molar-refractivity contribution in [3.05, 3.63) is 35.9 Å². The van der Waals surface area contributed by atoms with Crippen LogP contribution in [0.25, 0.3) is 0 Å². The molecule has 1 heterocycles. The quantitative estimate of drug-likeness (QED) is 0.814. The molecule has 1 saturated heterocycles. The van der Waals surface area contributed by atoms with E-state index in [1.54, 1.807) is 0 Å². The van der Waals surface area contributed by atoms with Gasteiger partial charge in [0.25, 0.3) is 10.2 Å². The summed E-state index contributed by atoms with van der Waals surface area (Å²) in [5.41, 5.74) is 1.24. The summed E-state index contributed by atoms with van der Waals surface area (Å²) in [4.78, 5) is 0. The Morgan fingerprint density at radius 1 is 1.25 bits per heavy atom. The third kappa shape index (κ3) is 4.56. The summed E-state index contributed by atoms with van der Waals surface area (Å²) in [5.74, 6) is 0. The van der Waals surface area contributed by atoms with Gasteiger partial charge in [0.2, 0.25) is 0 Å². The number of piperazine rings is 1. The van der Waals surface area contributed by atoms with E-state index in [4.69, 9.17) is 0 Å². The smallest absolute Gasteiger partial charge is 0.279 e. The molecule has 112 valence electrons. The highest BCUT2D eigenvalue weighted by molar-refractivity contribution is 7.87. The van der Waals surface area contributed by atoms with Crippen LogP contribution in [0.15, 0.2) is 30.3 Å². The average Bonchev–Trinajstić information content (AvgIpc) is 2.47. The summed E-state index contributed by atoms with van der Waals surface area (Å²) in [6.07, 6.45) is 1.68. The first-order valence-corrected chi connectivity index (χ1v) is 8.54. The van der Waals surface area contributed by atoms with E-state index >= 15 is 0 Å². The maximum atomic E-state index is 12.2. The van der Waals surface area contributed by atoms with E-state index in [0.29, 0.717) is 13.1 Å². The summed E-state index contributed by atoms with van der Waals surface area (Å²) >= 11 is 0. The minimum absolute atomic E-state index is 0.0601. The maximum Gasteiger partial charge on any atom is 0.279 e. The third-order valence-corrected chi connectivity index (χ3v) is 5.22.